The molecule has 4 heterocycles. The first kappa shape index (κ1) is 21.9. The van der Waals surface area contributed by atoms with E-state index in [0.29, 0.717) is 0 Å². The van der Waals surface area contributed by atoms with Crippen molar-refractivity contribution < 1.29 is 9.59 Å². The Labute approximate surface area is 195 Å². The summed E-state index contributed by atoms with van der Waals surface area (Å²) in [4.78, 5) is 39.8. The zero-order valence-electron chi connectivity index (χ0n) is 19.9. The Morgan fingerprint density at radius 3 is 2.52 bits per heavy atom. The molecule has 0 bridgehead atoms. The third-order valence-electron chi connectivity index (χ3n) is 7.27. The molecule has 9 heteroatoms. The van der Waals surface area contributed by atoms with Gasteiger partial charge in [0, 0.05) is 64.8 Å². The molecule has 2 saturated heterocycles. The average Bonchev–Trinajstić information content (AvgIpc) is 3.29. The smallest absolute Gasteiger partial charge is 0.313 e. The van der Waals surface area contributed by atoms with Gasteiger partial charge in [0.1, 0.15) is 0 Å². The summed E-state index contributed by atoms with van der Waals surface area (Å²) in [5, 5.41) is 2.43. The molecule has 2 atom stereocenters. The number of guanidine groups is 1. The summed E-state index contributed by atoms with van der Waals surface area (Å²) >= 11 is 0. The molecular weight excluding hydrogens is 418 g/mol. The standard InChI is InChI=1S/C24H33N7O2/c1-16-5-6-17(2)19(13-16)15-29-9-7-28(8-10-29)11-12-30-18(3)14-31-20-21(25-23(30)31)27(4)24(33)26-22(20)32/h5-6,13-14,20-21H,7-12,15H2,1-4H3,(H,26,32,33). The van der Waals surface area contributed by atoms with E-state index in [0.717, 1.165) is 57.5 Å². The number of carbonyl (C=O) groups is 2. The van der Waals surface area contributed by atoms with Crippen LogP contribution in [0.5, 0.6) is 0 Å². The van der Waals surface area contributed by atoms with Gasteiger partial charge in [-0.1, -0.05) is 23.8 Å². The summed E-state index contributed by atoms with van der Waals surface area (Å²) in [5.41, 5.74) is 5.19. The maximum atomic E-state index is 12.5. The molecular formula is C24H33N7O2. The van der Waals surface area contributed by atoms with Crippen LogP contribution in [0, 0.1) is 13.8 Å². The first-order valence-corrected chi connectivity index (χ1v) is 11.7. The second-order valence-corrected chi connectivity index (χ2v) is 9.57. The highest BCUT2D eigenvalue weighted by molar-refractivity contribution is 6.04. The minimum atomic E-state index is -0.490. The molecule has 5 rings (SSSR count). The predicted octanol–water partition coefficient (Wildman–Crippen LogP) is 1.15. The molecule has 2 fully saturated rings. The predicted molar refractivity (Wildman–Crippen MR) is 126 cm³/mol. The first-order chi connectivity index (χ1) is 15.8. The number of urea groups is 1. The van der Waals surface area contributed by atoms with Crippen LogP contribution in [0.3, 0.4) is 0 Å². The van der Waals surface area contributed by atoms with Crippen molar-refractivity contribution in [3.8, 4) is 0 Å². The highest BCUT2D eigenvalue weighted by Gasteiger charge is 2.51. The van der Waals surface area contributed by atoms with Crippen LogP contribution in [-0.4, -0.2) is 101 Å². The van der Waals surface area contributed by atoms with Crippen molar-refractivity contribution in [2.45, 2.75) is 39.5 Å². The number of likely N-dealkylation sites (N-methyl/N-ethyl adjacent to an activating group) is 1. The number of fused-ring (bicyclic) bond motifs is 3. The van der Waals surface area contributed by atoms with Gasteiger partial charge in [0.25, 0.3) is 5.91 Å². The van der Waals surface area contributed by atoms with Crippen LogP contribution < -0.4 is 5.32 Å². The van der Waals surface area contributed by atoms with E-state index in [4.69, 9.17) is 4.99 Å². The maximum Gasteiger partial charge on any atom is 0.325 e. The van der Waals surface area contributed by atoms with Gasteiger partial charge in [-0.3, -0.25) is 19.9 Å². The van der Waals surface area contributed by atoms with Gasteiger partial charge < -0.3 is 14.7 Å². The summed E-state index contributed by atoms with van der Waals surface area (Å²) in [6.07, 6.45) is 1.51. The lowest BCUT2D eigenvalue weighted by molar-refractivity contribution is -0.126. The van der Waals surface area contributed by atoms with E-state index in [-0.39, 0.29) is 5.91 Å². The number of benzene rings is 1. The number of carbonyl (C=O) groups excluding carboxylic acids is 2. The fourth-order valence-corrected chi connectivity index (χ4v) is 5.15. The van der Waals surface area contributed by atoms with Gasteiger partial charge in [-0.25, -0.2) is 9.79 Å². The molecule has 1 N–H and O–H groups in total. The van der Waals surface area contributed by atoms with Gasteiger partial charge in [0.05, 0.1) is 0 Å². The Balaban J connectivity index is 1.16. The number of piperazine rings is 1. The van der Waals surface area contributed by atoms with Gasteiger partial charge in [-0.05, 0) is 31.9 Å². The number of hydrogen-bond acceptors (Lipinski definition) is 7. The van der Waals surface area contributed by atoms with Gasteiger partial charge in [0.15, 0.2) is 12.2 Å². The number of aliphatic imine (C=N–C) groups is 1. The highest BCUT2D eigenvalue weighted by atomic mass is 16.2. The Morgan fingerprint density at radius 1 is 1.03 bits per heavy atom. The fourth-order valence-electron chi connectivity index (χ4n) is 5.15. The SMILES string of the molecule is CC1=CN2C(=NC3C2C(=O)NC(=O)N3C)N1CCN1CCN(Cc2cc(C)ccc2C)CC1. The molecule has 0 saturated carbocycles. The quantitative estimate of drug-likeness (QED) is 0.724. The summed E-state index contributed by atoms with van der Waals surface area (Å²) in [5.74, 6) is 0.487. The zero-order valence-corrected chi connectivity index (χ0v) is 19.9. The van der Waals surface area contributed by atoms with Crippen molar-refractivity contribution in [1.82, 2.24) is 29.8 Å². The van der Waals surface area contributed by atoms with Crippen molar-refractivity contribution in [3.63, 3.8) is 0 Å². The normalized spacial score (nSPS) is 25.8. The minimum absolute atomic E-state index is 0.285. The number of hydrogen-bond donors (Lipinski definition) is 1. The summed E-state index contributed by atoms with van der Waals surface area (Å²) in [6.45, 7) is 13.4. The van der Waals surface area contributed by atoms with Crippen LogP contribution in [0.25, 0.3) is 0 Å². The van der Waals surface area contributed by atoms with Crippen LogP contribution >= 0.6 is 0 Å². The minimum Gasteiger partial charge on any atom is -0.313 e. The number of nitrogens with zero attached hydrogens (tertiary/aromatic N) is 6. The molecule has 1 aromatic carbocycles. The van der Waals surface area contributed by atoms with Crippen LogP contribution in [0.15, 0.2) is 35.1 Å². The lowest BCUT2D eigenvalue weighted by Gasteiger charge is -2.36. The van der Waals surface area contributed by atoms with E-state index in [9.17, 15) is 9.59 Å². The first-order valence-electron chi connectivity index (χ1n) is 11.7. The lowest BCUT2D eigenvalue weighted by Crippen LogP contribution is -2.62. The van der Waals surface area contributed by atoms with Gasteiger partial charge in [0.2, 0.25) is 5.96 Å². The molecule has 0 radical (unpaired) electrons. The molecule has 0 aromatic heterocycles. The second-order valence-electron chi connectivity index (χ2n) is 9.57. The van der Waals surface area contributed by atoms with E-state index in [1.54, 1.807) is 7.05 Å². The topological polar surface area (TPSA) is 74.7 Å². The molecule has 0 aliphatic carbocycles. The van der Waals surface area contributed by atoms with E-state index in [1.165, 1.54) is 21.6 Å². The summed E-state index contributed by atoms with van der Waals surface area (Å²) in [6, 6.07) is 5.82. The molecule has 9 nitrogen and oxygen atoms in total. The molecule has 4 aliphatic rings. The number of rotatable bonds is 5. The third kappa shape index (κ3) is 4.00. The monoisotopic (exact) mass is 451 g/mol. The highest BCUT2D eigenvalue weighted by Crippen LogP contribution is 2.31. The van der Waals surface area contributed by atoms with Gasteiger partial charge in [-0.2, -0.15) is 0 Å². The summed E-state index contributed by atoms with van der Waals surface area (Å²) < 4.78 is 0. The van der Waals surface area contributed by atoms with Crippen molar-refractivity contribution in [3.05, 3.63) is 46.8 Å². The van der Waals surface area contributed by atoms with Crippen LogP contribution in [0.2, 0.25) is 0 Å². The molecule has 3 amide bonds. The largest absolute Gasteiger partial charge is 0.325 e. The molecule has 4 aliphatic heterocycles. The van der Waals surface area contributed by atoms with E-state index >= 15 is 0 Å². The maximum absolute atomic E-state index is 12.5. The molecule has 176 valence electrons. The molecule has 0 spiro atoms. The molecule has 2 unspecified atom stereocenters. The van der Waals surface area contributed by atoms with Crippen LogP contribution in [-0.2, 0) is 11.3 Å². The molecule has 1 aromatic rings. The van der Waals surface area contributed by atoms with Crippen molar-refractivity contribution in [1.29, 1.82) is 0 Å². The van der Waals surface area contributed by atoms with Gasteiger partial charge in [-0.15, -0.1) is 0 Å². The number of allylic oxidation sites excluding steroid dienone is 1. The Morgan fingerprint density at radius 2 is 1.76 bits per heavy atom. The van der Waals surface area contributed by atoms with Crippen LogP contribution in [0.1, 0.15) is 23.6 Å². The van der Waals surface area contributed by atoms with Crippen molar-refractivity contribution >= 4 is 17.9 Å². The fraction of sp³-hybridized carbons (Fsp3) is 0.542. The summed E-state index contributed by atoms with van der Waals surface area (Å²) in [7, 11) is 1.68. The lowest BCUT2D eigenvalue weighted by atomic mass is 10.0. The average molecular weight is 452 g/mol. The second kappa shape index (κ2) is 8.46. The van der Waals surface area contributed by atoms with Crippen molar-refractivity contribution in [2.24, 2.45) is 4.99 Å². The Hall–Kier alpha value is -2.91. The number of nitrogens with one attached hydrogen (secondary N) is 1. The van der Waals surface area contributed by atoms with Gasteiger partial charge >= 0.3 is 6.03 Å². The van der Waals surface area contributed by atoms with Crippen molar-refractivity contribution in [2.75, 3.05) is 46.3 Å². The van der Waals surface area contributed by atoms with E-state index in [2.05, 4.69) is 52.1 Å². The van der Waals surface area contributed by atoms with Crippen LogP contribution in [0.4, 0.5) is 4.79 Å². The molecule has 33 heavy (non-hydrogen) atoms. The third-order valence-corrected chi connectivity index (χ3v) is 7.27. The van der Waals surface area contributed by atoms with E-state index in [1.807, 2.05) is 18.0 Å². The number of amides is 3. The van der Waals surface area contributed by atoms with E-state index < -0.39 is 18.2 Å². The Bertz CT molecular complexity index is 1030. The number of imide groups is 1. The Kier molecular flexibility index (Phi) is 5.62. The zero-order chi connectivity index (χ0) is 23.3. The number of aryl methyl sites for hydroxylation is 2.